The second-order valence-corrected chi connectivity index (χ2v) is 5.84. The summed E-state index contributed by atoms with van der Waals surface area (Å²) in [5.74, 6) is -0.308. The summed E-state index contributed by atoms with van der Waals surface area (Å²) in [6, 6.07) is 0. The molecule has 1 heterocycles. The lowest BCUT2D eigenvalue weighted by atomic mass is 9.82. The van der Waals surface area contributed by atoms with E-state index in [1.807, 2.05) is 4.90 Å². The van der Waals surface area contributed by atoms with Gasteiger partial charge < -0.3 is 10.0 Å². The zero-order valence-corrected chi connectivity index (χ0v) is 11.2. The van der Waals surface area contributed by atoms with Crippen molar-refractivity contribution in [2.75, 3.05) is 13.1 Å². The highest BCUT2D eigenvalue weighted by Gasteiger charge is 2.43. The molecule has 18 heavy (non-hydrogen) atoms. The lowest BCUT2D eigenvalue weighted by Crippen LogP contribution is -2.41. The minimum atomic E-state index is -0.750. The van der Waals surface area contributed by atoms with Crippen molar-refractivity contribution in [1.29, 1.82) is 0 Å². The molecule has 4 nitrogen and oxygen atoms in total. The van der Waals surface area contributed by atoms with Crippen molar-refractivity contribution in [2.45, 2.75) is 51.9 Å². The van der Waals surface area contributed by atoms with Gasteiger partial charge in [0.25, 0.3) is 0 Å². The Morgan fingerprint density at radius 1 is 1.33 bits per heavy atom. The number of aliphatic carboxylic acids is 1. The monoisotopic (exact) mass is 253 g/mol. The first kappa shape index (κ1) is 13.4. The predicted molar refractivity (Wildman–Crippen MR) is 68.1 cm³/mol. The Hall–Kier alpha value is -1.06. The van der Waals surface area contributed by atoms with E-state index in [1.54, 1.807) is 0 Å². The van der Waals surface area contributed by atoms with Crippen molar-refractivity contribution >= 4 is 11.9 Å². The largest absolute Gasteiger partial charge is 0.481 e. The van der Waals surface area contributed by atoms with Gasteiger partial charge in [-0.15, -0.1) is 0 Å². The molecule has 1 aliphatic heterocycles. The van der Waals surface area contributed by atoms with E-state index in [-0.39, 0.29) is 23.7 Å². The van der Waals surface area contributed by atoms with Crippen molar-refractivity contribution in [3.63, 3.8) is 0 Å². The molecule has 0 spiro atoms. The summed E-state index contributed by atoms with van der Waals surface area (Å²) in [4.78, 5) is 25.2. The molecule has 4 heteroatoms. The predicted octanol–water partition coefficient (Wildman–Crippen LogP) is 2.28. The van der Waals surface area contributed by atoms with Crippen molar-refractivity contribution in [1.82, 2.24) is 4.90 Å². The lowest BCUT2D eigenvalue weighted by Gasteiger charge is -2.31. The number of carboxylic acid groups (broad SMARTS) is 1. The number of hydrogen-bond acceptors (Lipinski definition) is 2. The maximum Gasteiger partial charge on any atom is 0.303 e. The molecule has 2 rings (SSSR count). The van der Waals surface area contributed by atoms with Crippen LogP contribution >= 0.6 is 0 Å². The normalized spacial score (nSPS) is 26.5. The first-order chi connectivity index (χ1) is 8.57. The first-order valence-corrected chi connectivity index (χ1v) is 7.08. The molecule has 1 aliphatic carbocycles. The smallest absolute Gasteiger partial charge is 0.303 e. The van der Waals surface area contributed by atoms with Gasteiger partial charge in [0, 0.05) is 24.9 Å². The molecule has 1 saturated carbocycles. The molecule has 0 aromatic carbocycles. The van der Waals surface area contributed by atoms with Crippen LogP contribution in [0.3, 0.4) is 0 Å². The zero-order valence-electron chi connectivity index (χ0n) is 11.2. The maximum absolute atomic E-state index is 12.6. The Morgan fingerprint density at radius 3 is 2.56 bits per heavy atom. The number of nitrogens with zero attached hydrogens (tertiary/aromatic N) is 1. The fourth-order valence-corrected chi connectivity index (χ4v) is 3.54. The summed E-state index contributed by atoms with van der Waals surface area (Å²) in [6.45, 7) is 3.50. The van der Waals surface area contributed by atoms with Gasteiger partial charge in [-0.05, 0) is 31.6 Å². The summed E-state index contributed by atoms with van der Waals surface area (Å²) >= 11 is 0. The molecular weight excluding hydrogens is 230 g/mol. The lowest BCUT2D eigenvalue weighted by molar-refractivity contribution is -0.142. The average Bonchev–Trinajstić information content (AvgIpc) is 2.96. The number of rotatable bonds is 4. The Balaban J connectivity index is 1.96. The SMILES string of the molecule is CCC1(C(=O)N2CCC(CC(=O)O)C2)CCCC1. The van der Waals surface area contributed by atoms with Crippen LogP contribution in [0.4, 0.5) is 0 Å². The molecule has 0 bridgehead atoms. The van der Waals surface area contributed by atoms with Crippen LogP contribution in [0.25, 0.3) is 0 Å². The third-order valence-electron chi connectivity index (χ3n) is 4.73. The van der Waals surface area contributed by atoms with E-state index >= 15 is 0 Å². The van der Waals surface area contributed by atoms with Crippen LogP contribution in [0.2, 0.25) is 0 Å². The maximum atomic E-state index is 12.6. The molecule has 2 aliphatic rings. The van der Waals surface area contributed by atoms with Crippen molar-refractivity contribution in [2.24, 2.45) is 11.3 Å². The van der Waals surface area contributed by atoms with Gasteiger partial charge in [0.15, 0.2) is 0 Å². The molecule has 2 fully saturated rings. The van der Waals surface area contributed by atoms with E-state index in [1.165, 1.54) is 0 Å². The van der Waals surface area contributed by atoms with Gasteiger partial charge in [0.2, 0.25) is 5.91 Å². The summed E-state index contributed by atoms with van der Waals surface area (Å²) in [6.07, 6.45) is 6.31. The molecule has 1 amide bonds. The number of carbonyl (C=O) groups excluding carboxylic acids is 1. The fourth-order valence-electron chi connectivity index (χ4n) is 3.54. The highest BCUT2D eigenvalue weighted by Crippen LogP contribution is 2.43. The van der Waals surface area contributed by atoms with E-state index in [0.29, 0.717) is 6.54 Å². The molecule has 1 saturated heterocycles. The molecule has 0 aromatic heterocycles. The molecule has 1 atom stereocenters. The molecular formula is C14H23NO3. The van der Waals surface area contributed by atoms with Crippen LogP contribution in [0, 0.1) is 11.3 Å². The minimum absolute atomic E-state index is 0.127. The van der Waals surface area contributed by atoms with Gasteiger partial charge in [-0.1, -0.05) is 19.8 Å². The molecule has 0 aromatic rings. The van der Waals surface area contributed by atoms with E-state index in [2.05, 4.69) is 6.92 Å². The van der Waals surface area contributed by atoms with Crippen LogP contribution in [0.5, 0.6) is 0 Å². The first-order valence-electron chi connectivity index (χ1n) is 7.08. The van der Waals surface area contributed by atoms with Crippen LogP contribution in [0.15, 0.2) is 0 Å². The van der Waals surface area contributed by atoms with Gasteiger partial charge in [-0.25, -0.2) is 0 Å². The highest BCUT2D eigenvalue weighted by molar-refractivity contribution is 5.83. The molecule has 1 N–H and O–H groups in total. The average molecular weight is 253 g/mol. The van der Waals surface area contributed by atoms with E-state index in [0.717, 1.165) is 45.1 Å². The van der Waals surface area contributed by atoms with Crippen molar-refractivity contribution in [3.8, 4) is 0 Å². The second kappa shape index (κ2) is 5.29. The highest BCUT2D eigenvalue weighted by atomic mass is 16.4. The van der Waals surface area contributed by atoms with Crippen molar-refractivity contribution in [3.05, 3.63) is 0 Å². The third kappa shape index (κ3) is 2.52. The van der Waals surface area contributed by atoms with Crippen LogP contribution < -0.4 is 0 Å². The standard InChI is InChI=1S/C14H23NO3/c1-2-14(6-3-4-7-14)13(18)15-8-5-11(10-15)9-12(16)17/h11H,2-10H2,1H3,(H,16,17). The molecule has 0 radical (unpaired) electrons. The Kier molecular flexibility index (Phi) is 3.93. The van der Waals surface area contributed by atoms with Gasteiger partial charge in [0.1, 0.15) is 0 Å². The number of carboxylic acids is 1. The van der Waals surface area contributed by atoms with Crippen LogP contribution in [0.1, 0.15) is 51.9 Å². The fraction of sp³-hybridized carbons (Fsp3) is 0.857. The van der Waals surface area contributed by atoms with Gasteiger partial charge in [-0.2, -0.15) is 0 Å². The number of likely N-dealkylation sites (tertiary alicyclic amines) is 1. The number of hydrogen-bond donors (Lipinski definition) is 1. The van der Waals surface area contributed by atoms with Crippen molar-refractivity contribution < 1.29 is 14.7 Å². The number of carbonyl (C=O) groups is 2. The second-order valence-electron chi connectivity index (χ2n) is 5.84. The quantitative estimate of drug-likeness (QED) is 0.836. The van der Waals surface area contributed by atoms with E-state index in [4.69, 9.17) is 5.11 Å². The Morgan fingerprint density at radius 2 is 2.00 bits per heavy atom. The topological polar surface area (TPSA) is 57.6 Å². The minimum Gasteiger partial charge on any atom is -0.481 e. The summed E-state index contributed by atoms with van der Waals surface area (Å²) in [7, 11) is 0. The number of amides is 1. The summed E-state index contributed by atoms with van der Waals surface area (Å²) < 4.78 is 0. The Bertz CT molecular complexity index is 334. The summed E-state index contributed by atoms with van der Waals surface area (Å²) in [5, 5.41) is 8.80. The summed E-state index contributed by atoms with van der Waals surface area (Å²) in [5.41, 5.74) is -0.127. The van der Waals surface area contributed by atoms with Crippen LogP contribution in [-0.2, 0) is 9.59 Å². The third-order valence-corrected chi connectivity index (χ3v) is 4.73. The van der Waals surface area contributed by atoms with Gasteiger partial charge in [-0.3, -0.25) is 9.59 Å². The van der Waals surface area contributed by atoms with Crippen LogP contribution in [-0.4, -0.2) is 35.0 Å². The van der Waals surface area contributed by atoms with E-state index < -0.39 is 5.97 Å². The van der Waals surface area contributed by atoms with Gasteiger partial charge in [0.05, 0.1) is 0 Å². The van der Waals surface area contributed by atoms with E-state index in [9.17, 15) is 9.59 Å². The molecule has 1 unspecified atom stereocenters. The zero-order chi connectivity index (χ0) is 13.2. The van der Waals surface area contributed by atoms with Gasteiger partial charge >= 0.3 is 5.97 Å². The molecule has 102 valence electrons. The Labute approximate surface area is 108 Å².